The summed E-state index contributed by atoms with van der Waals surface area (Å²) in [7, 11) is -1.53. The number of benzene rings is 1. The van der Waals surface area contributed by atoms with Crippen LogP contribution in [0, 0.1) is 0 Å². The van der Waals surface area contributed by atoms with Gasteiger partial charge in [-0.3, -0.25) is 0 Å². The van der Waals surface area contributed by atoms with Gasteiger partial charge < -0.3 is 19.5 Å². The van der Waals surface area contributed by atoms with Crippen molar-refractivity contribution in [3.8, 4) is 11.5 Å². The SMILES string of the molecule is CCOc1ccc(B(O)O)c(OCC)c1. The van der Waals surface area contributed by atoms with Crippen molar-refractivity contribution < 1.29 is 19.5 Å². The summed E-state index contributed by atoms with van der Waals surface area (Å²) in [4.78, 5) is 0. The summed E-state index contributed by atoms with van der Waals surface area (Å²) in [5, 5.41) is 18.2. The third-order valence-electron chi connectivity index (χ3n) is 1.87. The summed E-state index contributed by atoms with van der Waals surface area (Å²) in [6.45, 7) is 4.75. The predicted molar refractivity (Wildman–Crippen MR) is 58.6 cm³/mol. The molecule has 0 unspecified atom stereocenters. The molecule has 4 nitrogen and oxygen atoms in total. The van der Waals surface area contributed by atoms with Gasteiger partial charge in [0.05, 0.1) is 13.2 Å². The molecule has 1 aromatic rings. The number of rotatable bonds is 5. The maximum Gasteiger partial charge on any atom is 0.492 e. The van der Waals surface area contributed by atoms with Crippen LogP contribution in [-0.2, 0) is 0 Å². The van der Waals surface area contributed by atoms with Crippen LogP contribution in [0.3, 0.4) is 0 Å². The van der Waals surface area contributed by atoms with Gasteiger partial charge in [0.2, 0.25) is 0 Å². The standard InChI is InChI=1S/C10H15BO4/c1-3-14-8-5-6-9(11(12)13)10(7-8)15-4-2/h5-7,12-13H,3-4H2,1-2H3. The van der Waals surface area contributed by atoms with Crippen LogP contribution in [0.25, 0.3) is 0 Å². The van der Waals surface area contributed by atoms with Crippen molar-refractivity contribution >= 4 is 12.6 Å². The van der Waals surface area contributed by atoms with Crippen LogP contribution in [0.4, 0.5) is 0 Å². The van der Waals surface area contributed by atoms with Crippen LogP contribution in [-0.4, -0.2) is 30.4 Å². The molecule has 15 heavy (non-hydrogen) atoms. The Kier molecular flexibility index (Phi) is 4.46. The first-order valence-corrected chi connectivity index (χ1v) is 4.94. The largest absolute Gasteiger partial charge is 0.494 e. The molecular weight excluding hydrogens is 195 g/mol. The molecule has 0 bridgehead atoms. The Labute approximate surface area is 89.6 Å². The van der Waals surface area contributed by atoms with Crippen LogP contribution in [0.15, 0.2) is 18.2 Å². The van der Waals surface area contributed by atoms with E-state index in [1.165, 1.54) is 0 Å². The summed E-state index contributed by atoms with van der Waals surface area (Å²) in [5.41, 5.74) is 0.348. The average molecular weight is 210 g/mol. The van der Waals surface area contributed by atoms with Crippen LogP contribution in [0.2, 0.25) is 0 Å². The Morgan fingerprint density at radius 3 is 2.33 bits per heavy atom. The third-order valence-corrected chi connectivity index (χ3v) is 1.87. The molecule has 0 aliphatic carbocycles. The minimum atomic E-state index is -1.53. The summed E-state index contributed by atoms with van der Waals surface area (Å²) < 4.78 is 10.6. The fraction of sp³-hybridized carbons (Fsp3) is 0.400. The molecule has 1 rings (SSSR count). The Morgan fingerprint density at radius 2 is 1.80 bits per heavy atom. The van der Waals surface area contributed by atoms with E-state index in [-0.39, 0.29) is 0 Å². The molecule has 0 radical (unpaired) electrons. The van der Waals surface area contributed by atoms with Gasteiger partial charge in [-0.2, -0.15) is 0 Å². The molecule has 0 aliphatic heterocycles. The Hall–Kier alpha value is -1.20. The Bertz CT molecular complexity index is 314. The fourth-order valence-corrected chi connectivity index (χ4v) is 1.26. The summed E-state index contributed by atoms with van der Waals surface area (Å²) in [6, 6.07) is 4.92. The highest BCUT2D eigenvalue weighted by Crippen LogP contribution is 2.18. The molecule has 82 valence electrons. The van der Waals surface area contributed by atoms with Gasteiger partial charge in [0.25, 0.3) is 0 Å². The van der Waals surface area contributed by atoms with E-state index in [0.29, 0.717) is 30.2 Å². The maximum atomic E-state index is 9.09. The number of ether oxygens (including phenoxy) is 2. The first-order valence-electron chi connectivity index (χ1n) is 4.94. The fourth-order valence-electron chi connectivity index (χ4n) is 1.26. The van der Waals surface area contributed by atoms with Crippen molar-refractivity contribution in [2.45, 2.75) is 13.8 Å². The van der Waals surface area contributed by atoms with E-state index in [9.17, 15) is 0 Å². The van der Waals surface area contributed by atoms with Gasteiger partial charge in [-0.1, -0.05) is 6.07 Å². The van der Waals surface area contributed by atoms with E-state index >= 15 is 0 Å². The van der Waals surface area contributed by atoms with E-state index in [0.717, 1.165) is 0 Å². The second-order valence-electron chi connectivity index (χ2n) is 2.94. The number of hydrogen-bond donors (Lipinski definition) is 2. The molecule has 0 atom stereocenters. The van der Waals surface area contributed by atoms with Gasteiger partial charge in [0.15, 0.2) is 0 Å². The monoisotopic (exact) mass is 210 g/mol. The molecular formula is C10H15BO4. The smallest absolute Gasteiger partial charge is 0.492 e. The van der Waals surface area contributed by atoms with Crippen LogP contribution in [0.1, 0.15) is 13.8 Å². The predicted octanol–water partition coefficient (Wildman–Crippen LogP) is 0.164. The van der Waals surface area contributed by atoms with Gasteiger partial charge in [-0.25, -0.2) is 0 Å². The highest BCUT2D eigenvalue weighted by atomic mass is 16.5. The lowest BCUT2D eigenvalue weighted by Crippen LogP contribution is -2.31. The summed E-state index contributed by atoms with van der Waals surface area (Å²) in [5.74, 6) is 1.10. The summed E-state index contributed by atoms with van der Waals surface area (Å²) in [6.07, 6.45) is 0. The normalized spacial score (nSPS) is 9.87. The van der Waals surface area contributed by atoms with E-state index in [2.05, 4.69) is 0 Å². The molecule has 1 aromatic carbocycles. The molecule has 5 heteroatoms. The van der Waals surface area contributed by atoms with E-state index in [4.69, 9.17) is 19.5 Å². The zero-order chi connectivity index (χ0) is 11.3. The van der Waals surface area contributed by atoms with E-state index in [1.807, 2.05) is 13.8 Å². The average Bonchev–Trinajstić information content (AvgIpc) is 2.18. The molecule has 0 amide bonds. The Morgan fingerprint density at radius 1 is 1.13 bits per heavy atom. The lowest BCUT2D eigenvalue weighted by atomic mass is 9.79. The minimum Gasteiger partial charge on any atom is -0.494 e. The lowest BCUT2D eigenvalue weighted by molar-refractivity contribution is 0.323. The lowest BCUT2D eigenvalue weighted by Gasteiger charge is -2.11. The molecule has 0 aliphatic rings. The first kappa shape index (κ1) is 11.9. The van der Waals surface area contributed by atoms with Gasteiger partial charge >= 0.3 is 7.12 Å². The van der Waals surface area contributed by atoms with Gasteiger partial charge in [-0.15, -0.1) is 0 Å². The topological polar surface area (TPSA) is 58.9 Å². The van der Waals surface area contributed by atoms with Crippen molar-refractivity contribution in [2.24, 2.45) is 0 Å². The highest BCUT2D eigenvalue weighted by Gasteiger charge is 2.17. The van der Waals surface area contributed by atoms with Crippen LogP contribution < -0.4 is 14.9 Å². The summed E-state index contributed by atoms with van der Waals surface area (Å²) >= 11 is 0. The maximum absolute atomic E-state index is 9.09. The quantitative estimate of drug-likeness (QED) is 0.680. The van der Waals surface area contributed by atoms with Gasteiger partial charge in [0.1, 0.15) is 11.5 Å². The third kappa shape index (κ3) is 3.14. The van der Waals surface area contributed by atoms with Crippen LogP contribution >= 0.6 is 0 Å². The van der Waals surface area contributed by atoms with Crippen molar-refractivity contribution in [1.29, 1.82) is 0 Å². The highest BCUT2D eigenvalue weighted by molar-refractivity contribution is 6.59. The zero-order valence-corrected chi connectivity index (χ0v) is 8.93. The molecule has 0 saturated carbocycles. The van der Waals surface area contributed by atoms with Gasteiger partial charge in [-0.05, 0) is 19.9 Å². The molecule has 0 saturated heterocycles. The second-order valence-corrected chi connectivity index (χ2v) is 2.94. The minimum absolute atomic E-state index is 0.348. The van der Waals surface area contributed by atoms with Crippen molar-refractivity contribution in [2.75, 3.05) is 13.2 Å². The Balaban J connectivity index is 2.97. The van der Waals surface area contributed by atoms with Crippen LogP contribution in [0.5, 0.6) is 11.5 Å². The van der Waals surface area contributed by atoms with Gasteiger partial charge in [0, 0.05) is 11.5 Å². The number of hydrogen-bond acceptors (Lipinski definition) is 4. The van der Waals surface area contributed by atoms with Crippen molar-refractivity contribution in [1.82, 2.24) is 0 Å². The second kappa shape index (κ2) is 5.63. The van der Waals surface area contributed by atoms with Crippen molar-refractivity contribution in [3.63, 3.8) is 0 Å². The molecule has 0 aromatic heterocycles. The molecule has 2 N–H and O–H groups in total. The molecule has 0 spiro atoms. The van der Waals surface area contributed by atoms with Crippen molar-refractivity contribution in [3.05, 3.63) is 18.2 Å². The van der Waals surface area contributed by atoms with E-state index in [1.54, 1.807) is 18.2 Å². The van der Waals surface area contributed by atoms with E-state index < -0.39 is 7.12 Å². The molecule has 0 heterocycles. The molecule has 0 fully saturated rings. The zero-order valence-electron chi connectivity index (χ0n) is 8.93. The first-order chi connectivity index (χ1) is 7.19.